The third-order valence-corrected chi connectivity index (χ3v) is 5.84. The third-order valence-electron chi connectivity index (χ3n) is 5.84. The minimum Gasteiger partial charge on any atom is -0.508 e. The molecular weight excluding hydrogens is 454 g/mol. The number of phenols is 1. The van der Waals surface area contributed by atoms with E-state index in [9.17, 15) is 29.4 Å². The average molecular weight is 494 g/mol. The van der Waals surface area contributed by atoms with Gasteiger partial charge in [-0.15, -0.1) is 0 Å². The highest BCUT2D eigenvalue weighted by molar-refractivity contribution is 5.94. The second-order valence-electron chi connectivity index (χ2n) is 8.76. The highest BCUT2D eigenvalue weighted by atomic mass is 16.4. The molecule has 1 aromatic rings. The molecular formula is C24H39N5O6. The average Bonchev–Trinajstić information content (AvgIpc) is 2.82. The molecule has 11 heteroatoms. The van der Waals surface area contributed by atoms with E-state index >= 15 is 0 Å². The molecule has 9 N–H and O–H groups in total. The summed E-state index contributed by atoms with van der Waals surface area (Å²) in [6.45, 7) is 5.43. The molecule has 1 rings (SSSR count). The van der Waals surface area contributed by atoms with Crippen LogP contribution in [0.5, 0.6) is 5.75 Å². The zero-order valence-electron chi connectivity index (χ0n) is 20.6. The van der Waals surface area contributed by atoms with Crippen LogP contribution in [0.1, 0.15) is 52.0 Å². The molecule has 0 saturated heterocycles. The summed E-state index contributed by atoms with van der Waals surface area (Å²) in [6, 6.07) is 2.29. The monoisotopic (exact) mass is 493 g/mol. The van der Waals surface area contributed by atoms with E-state index in [1.165, 1.54) is 19.1 Å². The Morgan fingerprint density at radius 1 is 0.943 bits per heavy atom. The van der Waals surface area contributed by atoms with Crippen LogP contribution in [0.15, 0.2) is 24.3 Å². The SMILES string of the molecule is CCC(C)C(NC(=O)C(CCCCN)NC(=O)C(C)NC(=O)C(N)Cc1ccc(O)cc1)C(=O)O. The number of phenolic OH excluding ortho intramolecular Hbond substituents is 1. The summed E-state index contributed by atoms with van der Waals surface area (Å²) in [5.41, 5.74) is 12.2. The largest absolute Gasteiger partial charge is 0.508 e. The van der Waals surface area contributed by atoms with Crippen LogP contribution in [0, 0.1) is 5.92 Å². The number of nitrogens with one attached hydrogen (secondary N) is 3. The van der Waals surface area contributed by atoms with Crippen LogP contribution in [0.25, 0.3) is 0 Å². The first-order chi connectivity index (χ1) is 16.5. The molecule has 0 bridgehead atoms. The van der Waals surface area contributed by atoms with Crippen LogP contribution in [0.4, 0.5) is 0 Å². The zero-order valence-corrected chi connectivity index (χ0v) is 20.6. The first-order valence-corrected chi connectivity index (χ1v) is 11.9. The number of hydrogen-bond donors (Lipinski definition) is 7. The fourth-order valence-electron chi connectivity index (χ4n) is 3.36. The molecule has 0 fully saturated rings. The number of amides is 3. The van der Waals surface area contributed by atoms with E-state index in [1.807, 2.05) is 6.92 Å². The van der Waals surface area contributed by atoms with E-state index in [0.717, 1.165) is 5.56 Å². The molecule has 35 heavy (non-hydrogen) atoms. The number of hydrogen-bond acceptors (Lipinski definition) is 7. The summed E-state index contributed by atoms with van der Waals surface area (Å²) in [6.07, 6.45) is 2.20. The second-order valence-corrected chi connectivity index (χ2v) is 8.76. The van der Waals surface area contributed by atoms with Gasteiger partial charge in [0.1, 0.15) is 23.9 Å². The molecule has 0 radical (unpaired) electrons. The molecule has 0 aliphatic heterocycles. The second kappa shape index (κ2) is 14.9. The molecule has 0 saturated carbocycles. The summed E-state index contributed by atoms with van der Waals surface area (Å²) < 4.78 is 0. The van der Waals surface area contributed by atoms with E-state index < -0.39 is 47.9 Å². The standard InChI is InChI=1S/C24H39N5O6/c1-4-14(2)20(24(34)35)29-23(33)19(7-5-6-12-25)28-21(31)15(3)27-22(32)18(26)13-16-8-10-17(30)11-9-16/h8-11,14-15,18-20,30H,4-7,12-13,25-26H2,1-3H3,(H,27,32)(H,28,31)(H,29,33)(H,34,35). The van der Waals surface area contributed by atoms with Crippen molar-refractivity contribution in [3.63, 3.8) is 0 Å². The molecule has 0 spiro atoms. The number of unbranched alkanes of at least 4 members (excludes halogenated alkanes) is 1. The Morgan fingerprint density at radius 2 is 1.57 bits per heavy atom. The van der Waals surface area contributed by atoms with Crippen LogP contribution in [-0.2, 0) is 25.6 Å². The van der Waals surface area contributed by atoms with Gasteiger partial charge in [-0.3, -0.25) is 14.4 Å². The number of carboxylic acid groups (broad SMARTS) is 1. The van der Waals surface area contributed by atoms with Gasteiger partial charge in [-0.25, -0.2) is 4.79 Å². The predicted molar refractivity (Wildman–Crippen MR) is 131 cm³/mol. The number of carboxylic acids is 1. The van der Waals surface area contributed by atoms with Crippen molar-refractivity contribution in [2.75, 3.05) is 6.54 Å². The summed E-state index contributed by atoms with van der Waals surface area (Å²) in [7, 11) is 0. The van der Waals surface area contributed by atoms with E-state index in [1.54, 1.807) is 19.1 Å². The lowest BCUT2D eigenvalue weighted by Crippen LogP contribution is -2.57. The maximum absolute atomic E-state index is 12.8. The van der Waals surface area contributed by atoms with Crippen molar-refractivity contribution in [1.29, 1.82) is 0 Å². The fourth-order valence-corrected chi connectivity index (χ4v) is 3.36. The van der Waals surface area contributed by atoms with Crippen molar-refractivity contribution >= 4 is 23.7 Å². The van der Waals surface area contributed by atoms with Crippen LogP contribution >= 0.6 is 0 Å². The molecule has 1 aromatic carbocycles. The van der Waals surface area contributed by atoms with E-state index in [2.05, 4.69) is 16.0 Å². The lowest BCUT2D eigenvalue weighted by molar-refractivity contribution is -0.143. The van der Waals surface area contributed by atoms with Gasteiger partial charge in [0, 0.05) is 0 Å². The van der Waals surface area contributed by atoms with Gasteiger partial charge in [-0.1, -0.05) is 32.4 Å². The van der Waals surface area contributed by atoms with Crippen molar-refractivity contribution in [2.24, 2.45) is 17.4 Å². The first kappa shape index (κ1) is 29.9. The number of aliphatic carboxylic acids is 1. The van der Waals surface area contributed by atoms with Gasteiger partial charge < -0.3 is 37.6 Å². The van der Waals surface area contributed by atoms with Gasteiger partial charge in [0.2, 0.25) is 17.7 Å². The Balaban J connectivity index is 2.78. The van der Waals surface area contributed by atoms with Crippen molar-refractivity contribution < 1.29 is 29.4 Å². The molecule has 5 atom stereocenters. The minimum atomic E-state index is -1.15. The number of rotatable bonds is 15. The van der Waals surface area contributed by atoms with Crippen molar-refractivity contribution in [1.82, 2.24) is 16.0 Å². The summed E-state index contributed by atoms with van der Waals surface area (Å²) in [5.74, 6) is -3.11. The molecule has 0 aliphatic carbocycles. The number of carbonyl (C=O) groups excluding carboxylic acids is 3. The van der Waals surface area contributed by atoms with Gasteiger partial charge in [0.25, 0.3) is 0 Å². The van der Waals surface area contributed by atoms with Crippen LogP contribution in [0.3, 0.4) is 0 Å². The molecule has 5 unspecified atom stereocenters. The molecule has 0 heterocycles. The number of benzene rings is 1. The third kappa shape index (κ3) is 10.3. The Bertz CT molecular complexity index is 847. The Hall–Kier alpha value is -3.18. The van der Waals surface area contributed by atoms with E-state index in [4.69, 9.17) is 11.5 Å². The van der Waals surface area contributed by atoms with Gasteiger partial charge in [-0.2, -0.15) is 0 Å². The molecule has 0 aromatic heterocycles. The van der Waals surface area contributed by atoms with Crippen molar-refractivity contribution in [3.05, 3.63) is 29.8 Å². The number of aromatic hydroxyl groups is 1. The van der Waals surface area contributed by atoms with Gasteiger partial charge in [-0.05, 0) is 62.8 Å². The quantitative estimate of drug-likeness (QED) is 0.166. The van der Waals surface area contributed by atoms with E-state index in [-0.39, 0.29) is 24.5 Å². The van der Waals surface area contributed by atoms with Gasteiger partial charge >= 0.3 is 5.97 Å². The Labute approximate surface area is 206 Å². The number of nitrogens with two attached hydrogens (primary N) is 2. The molecule has 3 amide bonds. The van der Waals surface area contributed by atoms with Crippen LogP contribution in [-0.4, -0.2) is 64.6 Å². The van der Waals surface area contributed by atoms with E-state index in [0.29, 0.717) is 25.8 Å². The van der Waals surface area contributed by atoms with Crippen LogP contribution in [0.2, 0.25) is 0 Å². The molecule has 11 nitrogen and oxygen atoms in total. The maximum Gasteiger partial charge on any atom is 0.326 e. The highest BCUT2D eigenvalue weighted by Crippen LogP contribution is 2.12. The summed E-state index contributed by atoms with van der Waals surface area (Å²) in [4.78, 5) is 49.6. The maximum atomic E-state index is 12.8. The smallest absolute Gasteiger partial charge is 0.326 e. The lowest BCUT2D eigenvalue weighted by Gasteiger charge is -2.25. The summed E-state index contributed by atoms with van der Waals surface area (Å²) in [5, 5.41) is 26.5. The summed E-state index contributed by atoms with van der Waals surface area (Å²) >= 11 is 0. The fraction of sp³-hybridized carbons (Fsp3) is 0.583. The predicted octanol–water partition coefficient (Wildman–Crippen LogP) is -0.00400. The van der Waals surface area contributed by atoms with Crippen LogP contribution < -0.4 is 27.4 Å². The van der Waals surface area contributed by atoms with Gasteiger partial charge in [0.05, 0.1) is 6.04 Å². The Morgan fingerprint density at radius 3 is 2.11 bits per heavy atom. The lowest BCUT2D eigenvalue weighted by atomic mass is 9.98. The normalized spacial score (nSPS) is 15.2. The molecule has 196 valence electrons. The highest BCUT2D eigenvalue weighted by Gasteiger charge is 2.30. The van der Waals surface area contributed by atoms with Crippen molar-refractivity contribution in [3.8, 4) is 5.75 Å². The zero-order chi connectivity index (χ0) is 26.5. The Kier molecular flexibility index (Phi) is 12.7. The first-order valence-electron chi connectivity index (χ1n) is 11.9. The van der Waals surface area contributed by atoms with Crippen molar-refractivity contribution in [2.45, 2.75) is 77.0 Å². The minimum absolute atomic E-state index is 0.0981. The molecule has 0 aliphatic rings. The number of carbonyl (C=O) groups is 4. The van der Waals surface area contributed by atoms with Gasteiger partial charge in [0.15, 0.2) is 0 Å². The topological polar surface area (TPSA) is 197 Å².